The Bertz CT molecular complexity index is 541. The van der Waals surface area contributed by atoms with Crippen LogP contribution in [0.2, 0.25) is 0 Å². The maximum atomic E-state index is 11.7. The molecule has 3 heteroatoms. The quantitative estimate of drug-likeness (QED) is 0.866. The molecular weight excluding hydrogens is 224 g/mol. The summed E-state index contributed by atoms with van der Waals surface area (Å²) < 4.78 is 2.10. The molecule has 0 radical (unpaired) electrons. The average Bonchev–Trinajstić information content (AvgIpc) is 2.78. The van der Waals surface area contributed by atoms with E-state index in [1.54, 1.807) is 7.05 Å². The van der Waals surface area contributed by atoms with Gasteiger partial charge in [0.15, 0.2) is 0 Å². The molecule has 2 aromatic rings. The maximum Gasteiger partial charge on any atom is 0.253 e. The molecule has 0 saturated heterocycles. The largest absolute Gasteiger partial charge is 0.355 e. The highest BCUT2D eigenvalue weighted by Crippen LogP contribution is 2.22. The van der Waals surface area contributed by atoms with Gasteiger partial charge in [-0.25, -0.2) is 0 Å². The van der Waals surface area contributed by atoms with Gasteiger partial charge in [-0.1, -0.05) is 25.5 Å². The van der Waals surface area contributed by atoms with Crippen LogP contribution in [0.3, 0.4) is 0 Å². The van der Waals surface area contributed by atoms with E-state index in [0.717, 1.165) is 23.0 Å². The Kier molecular flexibility index (Phi) is 4.95. The van der Waals surface area contributed by atoms with E-state index in [1.807, 2.05) is 27.0 Å². The Morgan fingerprint density at radius 1 is 1.33 bits per heavy atom. The minimum Gasteiger partial charge on any atom is -0.355 e. The lowest BCUT2D eigenvalue weighted by molar-refractivity contribution is 0.0964. The van der Waals surface area contributed by atoms with Crippen LogP contribution in [0.1, 0.15) is 36.7 Å². The maximum absolute atomic E-state index is 11.7. The zero-order chi connectivity index (χ0) is 13.7. The van der Waals surface area contributed by atoms with E-state index in [2.05, 4.69) is 35.0 Å². The molecule has 0 aliphatic rings. The summed E-state index contributed by atoms with van der Waals surface area (Å²) in [6.45, 7) is 8.99. The molecule has 1 heterocycles. The van der Waals surface area contributed by atoms with Crippen molar-refractivity contribution in [3.8, 4) is 0 Å². The summed E-state index contributed by atoms with van der Waals surface area (Å²) in [5.74, 6) is -0.0252. The number of carbonyl (C=O) groups excluding carboxylic acids is 1. The minimum absolute atomic E-state index is 0.0252. The van der Waals surface area contributed by atoms with Gasteiger partial charge >= 0.3 is 0 Å². The van der Waals surface area contributed by atoms with Crippen LogP contribution in [0.15, 0.2) is 24.4 Å². The number of amides is 1. The van der Waals surface area contributed by atoms with Gasteiger partial charge < -0.3 is 9.88 Å². The van der Waals surface area contributed by atoms with Gasteiger partial charge in [0.2, 0.25) is 0 Å². The highest BCUT2D eigenvalue weighted by Gasteiger charge is 2.12. The van der Waals surface area contributed by atoms with Crippen molar-refractivity contribution in [3.05, 3.63) is 35.5 Å². The van der Waals surface area contributed by atoms with E-state index in [1.165, 1.54) is 5.56 Å². The topological polar surface area (TPSA) is 34.0 Å². The average molecular weight is 246 g/mol. The predicted octanol–water partition coefficient (Wildman–Crippen LogP) is 3.36. The summed E-state index contributed by atoms with van der Waals surface area (Å²) in [5.41, 5.74) is 3.04. The minimum atomic E-state index is -0.0252. The molecule has 0 aliphatic heterocycles. The summed E-state index contributed by atoms with van der Waals surface area (Å²) in [6.07, 6.45) is 1.92. The molecule has 0 bridgehead atoms. The second-order valence-electron chi connectivity index (χ2n) is 3.93. The third kappa shape index (κ3) is 2.55. The molecule has 1 aromatic heterocycles. The summed E-state index contributed by atoms with van der Waals surface area (Å²) in [7, 11) is 1.66. The van der Waals surface area contributed by atoms with Gasteiger partial charge in [-0.15, -0.1) is 0 Å². The Morgan fingerprint density at radius 2 is 2.00 bits per heavy atom. The van der Waals surface area contributed by atoms with Crippen molar-refractivity contribution >= 4 is 16.8 Å². The highest BCUT2D eigenvalue weighted by atomic mass is 16.1. The van der Waals surface area contributed by atoms with Crippen molar-refractivity contribution < 1.29 is 4.79 Å². The monoisotopic (exact) mass is 246 g/mol. The summed E-state index contributed by atoms with van der Waals surface area (Å²) in [6, 6.07) is 6.20. The molecular formula is C15H22N2O. The molecule has 1 amide bonds. The fourth-order valence-corrected chi connectivity index (χ4v) is 1.99. The molecule has 0 atom stereocenters. The first-order valence-electron chi connectivity index (χ1n) is 6.49. The standard InChI is InChI=1S/C13H16N2O.C2H6/c1-4-15-8-11(13(16)14-3)10-7-9(2)5-6-12(10)15;1-2/h5-8H,4H2,1-3H3,(H,14,16);1-2H3. The Morgan fingerprint density at radius 3 is 2.56 bits per heavy atom. The number of rotatable bonds is 2. The summed E-state index contributed by atoms with van der Waals surface area (Å²) in [5, 5.41) is 3.71. The normalized spacial score (nSPS) is 9.83. The fourth-order valence-electron chi connectivity index (χ4n) is 1.99. The SMILES string of the molecule is CC.CCn1cc(C(=O)NC)c2cc(C)ccc21. The van der Waals surface area contributed by atoms with E-state index in [4.69, 9.17) is 0 Å². The van der Waals surface area contributed by atoms with Gasteiger partial charge in [0, 0.05) is 30.7 Å². The zero-order valence-corrected chi connectivity index (χ0v) is 11.9. The number of carbonyl (C=O) groups is 1. The molecule has 0 spiro atoms. The Labute approximate surface area is 109 Å². The van der Waals surface area contributed by atoms with E-state index in [-0.39, 0.29) is 5.91 Å². The van der Waals surface area contributed by atoms with E-state index < -0.39 is 0 Å². The van der Waals surface area contributed by atoms with Gasteiger partial charge in [0.25, 0.3) is 5.91 Å². The predicted molar refractivity (Wildman–Crippen MR) is 77.1 cm³/mol. The number of hydrogen-bond donors (Lipinski definition) is 1. The van der Waals surface area contributed by atoms with Crippen molar-refractivity contribution in [2.24, 2.45) is 0 Å². The lowest BCUT2D eigenvalue weighted by Crippen LogP contribution is -2.17. The van der Waals surface area contributed by atoms with E-state index in [9.17, 15) is 4.79 Å². The molecule has 0 aliphatic carbocycles. The molecule has 0 unspecified atom stereocenters. The molecule has 18 heavy (non-hydrogen) atoms. The Balaban J connectivity index is 0.000000771. The number of aromatic nitrogens is 1. The second kappa shape index (κ2) is 6.24. The zero-order valence-electron chi connectivity index (χ0n) is 11.9. The summed E-state index contributed by atoms with van der Waals surface area (Å²) >= 11 is 0. The van der Waals surface area contributed by atoms with E-state index >= 15 is 0 Å². The van der Waals surface area contributed by atoms with Crippen LogP contribution in [0.4, 0.5) is 0 Å². The van der Waals surface area contributed by atoms with Crippen molar-refractivity contribution in [2.75, 3.05) is 7.05 Å². The van der Waals surface area contributed by atoms with Gasteiger partial charge in [-0.3, -0.25) is 4.79 Å². The third-order valence-corrected chi connectivity index (χ3v) is 2.85. The molecule has 3 nitrogen and oxygen atoms in total. The molecule has 2 rings (SSSR count). The number of nitrogens with one attached hydrogen (secondary N) is 1. The van der Waals surface area contributed by atoms with Crippen LogP contribution in [0.5, 0.6) is 0 Å². The molecule has 1 N–H and O–H groups in total. The Hall–Kier alpha value is -1.77. The second-order valence-corrected chi connectivity index (χ2v) is 3.93. The molecule has 1 aromatic carbocycles. The number of aryl methyl sites for hydroxylation is 2. The van der Waals surface area contributed by atoms with Crippen LogP contribution < -0.4 is 5.32 Å². The van der Waals surface area contributed by atoms with Gasteiger partial charge in [-0.2, -0.15) is 0 Å². The van der Waals surface area contributed by atoms with Crippen LogP contribution in [-0.2, 0) is 6.54 Å². The first-order valence-corrected chi connectivity index (χ1v) is 6.49. The fraction of sp³-hybridized carbons (Fsp3) is 0.400. The lowest BCUT2D eigenvalue weighted by Gasteiger charge is -2.00. The van der Waals surface area contributed by atoms with Crippen LogP contribution in [0.25, 0.3) is 10.9 Å². The number of fused-ring (bicyclic) bond motifs is 1. The van der Waals surface area contributed by atoms with Crippen molar-refractivity contribution in [2.45, 2.75) is 34.2 Å². The van der Waals surface area contributed by atoms with Crippen molar-refractivity contribution in [3.63, 3.8) is 0 Å². The van der Waals surface area contributed by atoms with Crippen LogP contribution in [-0.4, -0.2) is 17.5 Å². The van der Waals surface area contributed by atoms with Crippen molar-refractivity contribution in [1.29, 1.82) is 0 Å². The number of hydrogen-bond acceptors (Lipinski definition) is 1. The smallest absolute Gasteiger partial charge is 0.253 e. The number of nitrogens with zero attached hydrogens (tertiary/aromatic N) is 1. The van der Waals surface area contributed by atoms with Crippen LogP contribution >= 0.6 is 0 Å². The van der Waals surface area contributed by atoms with Gasteiger partial charge in [0.05, 0.1) is 5.56 Å². The molecule has 0 fully saturated rings. The number of benzene rings is 1. The first kappa shape index (κ1) is 14.3. The third-order valence-electron chi connectivity index (χ3n) is 2.85. The lowest BCUT2D eigenvalue weighted by atomic mass is 10.1. The molecule has 0 saturated carbocycles. The van der Waals surface area contributed by atoms with Gasteiger partial charge in [-0.05, 0) is 26.0 Å². The summed E-state index contributed by atoms with van der Waals surface area (Å²) in [4.78, 5) is 11.7. The van der Waals surface area contributed by atoms with Crippen LogP contribution in [0, 0.1) is 6.92 Å². The molecule has 98 valence electrons. The first-order chi connectivity index (χ1) is 8.67. The van der Waals surface area contributed by atoms with Gasteiger partial charge in [0.1, 0.15) is 0 Å². The highest BCUT2D eigenvalue weighted by molar-refractivity contribution is 6.07. The van der Waals surface area contributed by atoms with Crippen molar-refractivity contribution in [1.82, 2.24) is 9.88 Å². The van der Waals surface area contributed by atoms with E-state index in [0.29, 0.717) is 0 Å².